The van der Waals surface area contributed by atoms with E-state index in [1.807, 2.05) is 0 Å². The van der Waals surface area contributed by atoms with Gasteiger partial charge in [0.05, 0.1) is 12.2 Å². The Morgan fingerprint density at radius 1 is 0.400 bits per heavy atom. The third-order valence-electron chi connectivity index (χ3n) is 8.60. The maximum absolute atomic E-state index is 10.7. The molecule has 0 aromatic rings. The van der Waals surface area contributed by atoms with Crippen LogP contribution >= 0.6 is 0 Å². The van der Waals surface area contributed by atoms with E-state index in [4.69, 9.17) is 0 Å². The first kappa shape index (κ1) is 39.8. The third kappa shape index (κ3) is 30.8. The van der Waals surface area contributed by atoms with Gasteiger partial charge in [0.1, 0.15) is 0 Å². The smallest absolute Gasteiger partial charge is 0.0667 e. The SMILES string of the molecule is CCCCCCCCCCCCCCC(O)CN(CCCCO)CC(O)CCCCCCCCCCCCCC. The minimum atomic E-state index is -0.309. The molecule has 0 amide bonds. The summed E-state index contributed by atoms with van der Waals surface area (Å²) in [4.78, 5) is 2.24. The lowest BCUT2D eigenvalue weighted by Gasteiger charge is -2.27. The van der Waals surface area contributed by atoms with Crippen molar-refractivity contribution >= 4 is 0 Å². The first-order valence-electron chi connectivity index (χ1n) is 18.3. The van der Waals surface area contributed by atoms with Crippen molar-refractivity contribution in [2.24, 2.45) is 0 Å². The van der Waals surface area contributed by atoms with E-state index < -0.39 is 0 Å². The summed E-state index contributed by atoms with van der Waals surface area (Å²) in [6.45, 7) is 6.93. The summed E-state index contributed by atoms with van der Waals surface area (Å²) in [5.74, 6) is 0. The van der Waals surface area contributed by atoms with E-state index in [2.05, 4.69) is 18.7 Å². The maximum Gasteiger partial charge on any atom is 0.0667 e. The van der Waals surface area contributed by atoms with Crippen LogP contribution in [0, 0.1) is 0 Å². The fourth-order valence-electron chi connectivity index (χ4n) is 5.92. The number of aliphatic hydroxyl groups excluding tert-OH is 3. The molecule has 0 spiro atoms. The molecule has 0 fully saturated rings. The molecule has 4 nitrogen and oxygen atoms in total. The van der Waals surface area contributed by atoms with Crippen LogP contribution in [0.4, 0.5) is 0 Å². The molecule has 2 unspecified atom stereocenters. The number of unbranched alkanes of at least 4 members (excludes halogenated alkanes) is 23. The number of rotatable bonds is 34. The minimum absolute atomic E-state index is 0.219. The normalized spacial score (nSPS) is 13.3. The Hall–Kier alpha value is -0.160. The minimum Gasteiger partial charge on any atom is -0.396 e. The second-order valence-corrected chi connectivity index (χ2v) is 12.9. The van der Waals surface area contributed by atoms with Gasteiger partial charge >= 0.3 is 0 Å². The number of nitrogens with zero attached hydrogens (tertiary/aromatic N) is 1. The summed E-state index contributed by atoms with van der Waals surface area (Å²) in [6.07, 6.45) is 35.0. The van der Waals surface area contributed by atoms with Crippen LogP contribution in [0.15, 0.2) is 0 Å². The van der Waals surface area contributed by atoms with Crippen LogP contribution in [0.5, 0.6) is 0 Å². The molecule has 0 bridgehead atoms. The molecule has 40 heavy (non-hydrogen) atoms. The highest BCUT2D eigenvalue weighted by Gasteiger charge is 2.15. The van der Waals surface area contributed by atoms with Gasteiger partial charge in [0.25, 0.3) is 0 Å². The van der Waals surface area contributed by atoms with Gasteiger partial charge in [0.2, 0.25) is 0 Å². The molecule has 0 radical (unpaired) electrons. The van der Waals surface area contributed by atoms with Gasteiger partial charge in [-0.15, -0.1) is 0 Å². The second-order valence-electron chi connectivity index (χ2n) is 12.9. The van der Waals surface area contributed by atoms with E-state index in [1.54, 1.807) is 0 Å². The van der Waals surface area contributed by atoms with Gasteiger partial charge in [-0.1, -0.05) is 168 Å². The molecule has 4 heteroatoms. The van der Waals surface area contributed by atoms with Crippen molar-refractivity contribution in [2.45, 2.75) is 206 Å². The highest BCUT2D eigenvalue weighted by Crippen LogP contribution is 2.15. The first-order valence-corrected chi connectivity index (χ1v) is 18.3. The van der Waals surface area contributed by atoms with Gasteiger partial charge in [-0.05, 0) is 32.2 Å². The van der Waals surface area contributed by atoms with Crippen LogP contribution in [0.1, 0.15) is 194 Å². The van der Waals surface area contributed by atoms with Crippen LogP contribution in [-0.2, 0) is 0 Å². The Labute approximate surface area is 252 Å². The summed E-state index contributed by atoms with van der Waals surface area (Å²) >= 11 is 0. The lowest BCUT2D eigenvalue weighted by molar-refractivity contribution is 0.0590. The zero-order valence-electron chi connectivity index (χ0n) is 27.6. The van der Waals surface area contributed by atoms with Gasteiger partial charge in [0, 0.05) is 19.7 Å². The molecule has 0 rings (SSSR count). The van der Waals surface area contributed by atoms with Gasteiger partial charge in [0.15, 0.2) is 0 Å². The number of aliphatic hydroxyl groups is 3. The van der Waals surface area contributed by atoms with Crippen LogP contribution in [0.3, 0.4) is 0 Å². The highest BCUT2D eigenvalue weighted by molar-refractivity contribution is 4.70. The maximum atomic E-state index is 10.7. The Balaban J connectivity index is 3.85. The van der Waals surface area contributed by atoms with Gasteiger partial charge in [-0.2, -0.15) is 0 Å². The summed E-state index contributed by atoms with van der Waals surface area (Å²) in [6, 6.07) is 0. The van der Waals surface area contributed by atoms with E-state index in [1.165, 1.54) is 141 Å². The summed E-state index contributed by atoms with van der Waals surface area (Å²) in [5, 5.41) is 30.5. The molecule has 0 aliphatic heterocycles. The van der Waals surface area contributed by atoms with Crippen molar-refractivity contribution in [3.63, 3.8) is 0 Å². The molecular weight excluding hydrogens is 494 g/mol. The molecule has 0 aliphatic carbocycles. The predicted octanol–water partition coefficient (Wildman–Crippen LogP) is 9.97. The van der Waals surface area contributed by atoms with Crippen LogP contribution in [0.2, 0.25) is 0 Å². The van der Waals surface area contributed by atoms with E-state index in [9.17, 15) is 15.3 Å². The average molecular weight is 570 g/mol. The van der Waals surface area contributed by atoms with Gasteiger partial charge in [-0.25, -0.2) is 0 Å². The van der Waals surface area contributed by atoms with Gasteiger partial charge < -0.3 is 15.3 Å². The summed E-state index contributed by atoms with van der Waals surface area (Å²) < 4.78 is 0. The molecule has 3 N–H and O–H groups in total. The van der Waals surface area contributed by atoms with Crippen molar-refractivity contribution in [1.82, 2.24) is 4.90 Å². The Morgan fingerprint density at radius 2 is 0.700 bits per heavy atom. The molecule has 0 saturated carbocycles. The zero-order chi connectivity index (χ0) is 29.4. The molecule has 0 heterocycles. The molecule has 0 aromatic heterocycles. The van der Waals surface area contributed by atoms with Crippen molar-refractivity contribution in [3.05, 3.63) is 0 Å². The monoisotopic (exact) mass is 570 g/mol. The molecule has 0 aliphatic rings. The van der Waals surface area contributed by atoms with Crippen LogP contribution in [0.25, 0.3) is 0 Å². The summed E-state index contributed by atoms with van der Waals surface area (Å²) in [7, 11) is 0. The largest absolute Gasteiger partial charge is 0.396 e. The first-order chi connectivity index (χ1) is 19.6. The lowest BCUT2D eigenvalue weighted by Crippen LogP contribution is -2.38. The number of hydrogen-bond acceptors (Lipinski definition) is 4. The predicted molar refractivity (Wildman–Crippen MR) is 176 cm³/mol. The summed E-state index contributed by atoms with van der Waals surface area (Å²) in [5.41, 5.74) is 0. The molecule has 0 saturated heterocycles. The molecule has 242 valence electrons. The lowest BCUT2D eigenvalue weighted by atomic mass is 10.0. The fraction of sp³-hybridized carbons (Fsp3) is 1.00. The number of hydrogen-bond donors (Lipinski definition) is 3. The van der Waals surface area contributed by atoms with E-state index in [0.29, 0.717) is 13.1 Å². The van der Waals surface area contributed by atoms with Crippen molar-refractivity contribution in [2.75, 3.05) is 26.2 Å². The quantitative estimate of drug-likeness (QED) is 0.0675. The molecular formula is C36H75NO3. The van der Waals surface area contributed by atoms with Crippen LogP contribution in [-0.4, -0.2) is 58.7 Å². The Kier molecular flexibility index (Phi) is 33.2. The van der Waals surface area contributed by atoms with E-state index in [0.717, 1.165) is 45.1 Å². The standard InChI is InChI=1S/C36H75NO3/c1-3-5-7-9-11-13-15-17-19-21-23-25-29-35(39)33-37(31-27-28-32-38)34-36(40)30-26-24-22-20-18-16-14-12-10-8-6-4-2/h35-36,38-40H,3-34H2,1-2H3. The van der Waals surface area contributed by atoms with Gasteiger partial charge in [-0.3, -0.25) is 4.90 Å². The van der Waals surface area contributed by atoms with Crippen molar-refractivity contribution < 1.29 is 15.3 Å². The van der Waals surface area contributed by atoms with Crippen LogP contribution < -0.4 is 0 Å². The third-order valence-corrected chi connectivity index (χ3v) is 8.60. The molecule has 0 aromatic carbocycles. The van der Waals surface area contributed by atoms with E-state index >= 15 is 0 Å². The van der Waals surface area contributed by atoms with E-state index in [-0.39, 0.29) is 18.8 Å². The van der Waals surface area contributed by atoms with Crippen molar-refractivity contribution in [1.29, 1.82) is 0 Å². The van der Waals surface area contributed by atoms with Crippen molar-refractivity contribution in [3.8, 4) is 0 Å². The Morgan fingerprint density at radius 3 is 1.00 bits per heavy atom. The fourth-order valence-corrected chi connectivity index (χ4v) is 5.92. The zero-order valence-corrected chi connectivity index (χ0v) is 27.6. The topological polar surface area (TPSA) is 63.9 Å². The second kappa shape index (κ2) is 33.3. The Bertz CT molecular complexity index is 425. The molecule has 2 atom stereocenters. The average Bonchev–Trinajstić information content (AvgIpc) is 2.94. The highest BCUT2D eigenvalue weighted by atomic mass is 16.3.